The molecule has 2 aromatic rings. The third-order valence-electron chi connectivity index (χ3n) is 2.92. The van der Waals surface area contributed by atoms with Crippen molar-refractivity contribution in [3.63, 3.8) is 0 Å². The minimum Gasteiger partial charge on any atom is -0.329 e. The van der Waals surface area contributed by atoms with Crippen molar-refractivity contribution < 1.29 is 4.39 Å². The lowest BCUT2D eigenvalue weighted by molar-refractivity contribution is 0.502. The monoisotopic (exact) mass is 245 g/mol. The van der Waals surface area contributed by atoms with Crippen molar-refractivity contribution in [2.75, 3.05) is 6.54 Å². The number of nitrogens with zero attached hydrogens (tertiary/aromatic N) is 2. The molecule has 0 spiro atoms. The average molecular weight is 245 g/mol. The van der Waals surface area contributed by atoms with Gasteiger partial charge < -0.3 is 5.73 Å². The van der Waals surface area contributed by atoms with E-state index >= 15 is 0 Å². The summed E-state index contributed by atoms with van der Waals surface area (Å²) in [6, 6.07) is 8.27. The van der Waals surface area contributed by atoms with Crippen molar-refractivity contribution in [3.8, 4) is 11.3 Å². The maximum Gasteiger partial charge on any atom is 0.135 e. The molecule has 0 bridgehead atoms. The molecule has 0 saturated heterocycles. The molecule has 0 fully saturated rings. The number of hydrogen-bond donors (Lipinski definition) is 1. The summed E-state index contributed by atoms with van der Waals surface area (Å²) < 4.78 is 13.7. The smallest absolute Gasteiger partial charge is 0.135 e. The van der Waals surface area contributed by atoms with Gasteiger partial charge in [0.2, 0.25) is 0 Å². The number of hydrogen-bond acceptors (Lipinski definition) is 3. The van der Waals surface area contributed by atoms with Gasteiger partial charge in [-0.25, -0.2) is 14.4 Å². The van der Waals surface area contributed by atoms with Crippen LogP contribution < -0.4 is 5.73 Å². The lowest BCUT2D eigenvalue weighted by Gasteiger charge is -2.20. The molecule has 0 atom stereocenters. The standard InChI is InChI=1S/C14H16FN3/c1-14(2,9-16)13-17-8-7-12(18-13)10-5-3-4-6-11(10)15/h3-8H,9,16H2,1-2H3. The lowest BCUT2D eigenvalue weighted by atomic mass is 9.92. The topological polar surface area (TPSA) is 51.8 Å². The Bertz CT molecular complexity index is 552. The first-order valence-electron chi connectivity index (χ1n) is 5.83. The van der Waals surface area contributed by atoms with Crippen LogP contribution in [0.2, 0.25) is 0 Å². The second-order valence-electron chi connectivity index (χ2n) is 4.83. The number of benzene rings is 1. The minimum atomic E-state index is -0.318. The van der Waals surface area contributed by atoms with E-state index in [9.17, 15) is 4.39 Å². The molecule has 1 aromatic heterocycles. The van der Waals surface area contributed by atoms with Gasteiger partial charge in [0.15, 0.2) is 0 Å². The van der Waals surface area contributed by atoms with Gasteiger partial charge in [0.25, 0.3) is 0 Å². The highest BCUT2D eigenvalue weighted by Gasteiger charge is 2.22. The Morgan fingerprint density at radius 1 is 1.22 bits per heavy atom. The molecule has 0 radical (unpaired) electrons. The Kier molecular flexibility index (Phi) is 3.39. The Labute approximate surface area is 106 Å². The zero-order valence-corrected chi connectivity index (χ0v) is 10.5. The van der Waals surface area contributed by atoms with Gasteiger partial charge in [-0.3, -0.25) is 0 Å². The van der Waals surface area contributed by atoms with Crippen molar-refractivity contribution in [3.05, 3.63) is 48.2 Å². The van der Waals surface area contributed by atoms with E-state index in [-0.39, 0.29) is 11.2 Å². The van der Waals surface area contributed by atoms with E-state index in [1.54, 1.807) is 30.5 Å². The summed E-state index contributed by atoms with van der Waals surface area (Å²) in [7, 11) is 0. The molecule has 1 heterocycles. The molecule has 0 saturated carbocycles. The number of halogens is 1. The minimum absolute atomic E-state index is 0.285. The zero-order chi connectivity index (χ0) is 13.2. The summed E-state index contributed by atoms with van der Waals surface area (Å²) in [5, 5.41) is 0. The van der Waals surface area contributed by atoms with Crippen LogP contribution in [0, 0.1) is 5.82 Å². The summed E-state index contributed by atoms with van der Waals surface area (Å²) in [4.78, 5) is 8.64. The van der Waals surface area contributed by atoms with E-state index in [2.05, 4.69) is 9.97 Å². The maximum absolute atomic E-state index is 13.7. The highest BCUT2D eigenvalue weighted by atomic mass is 19.1. The Hall–Kier alpha value is -1.81. The molecule has 18 heavy (non-hydrogen) atoms. The summed E-state index contributed by atoms with van der Waals surface area (Å²) in [5.41, 5.74) is 6.45. The van der Waals surface area contributed by atoms with Gasteiger partial charge in [0, 0.05) is 23.7 Å². The fourth-order valence-electron chi connectivity index (χ4n) is 1.60. The van der Waals surface area contributed by atoms with Crippen LogP contribution in [0.25, 0.3) is 11.3 Å². The first kappa shape index (κ1) is 12.6. The van der Waals surface area contributed by atoms with Crippen molar-refractivity contribution in [1.82, 2.24) is 9.97 Å². The lowest BCUT2D eigenvalue weighted by Crippen LogP contribution is -2.30. The van der Waals surface area contributed by atoms with Gasteiger partial charge in [0.1, 0.15) is 11.6 Å². The number of rotatable bonds is 3. The molecule has 3 nitrogen and oxygen atoms in total. The van der Waals surface area contributed by atoms with E-state index in [4.69, 9.17) is 5.73 Å². The summed E-state index contributed by atoms with van der Waals surface area (Å²) in [5.74, 6) is 0.346. The van der Waals surface area contributed by atoms with E-state index < -0.39 is 0 Å². The van der Waals surface area contributed by atoms with Crippen LogP contribution in [0.3, 0.4) is 0 Å². The first-order chi connectivity index (χ1) is 8.54. The largest absolute Gasteiger partial charge is 0.329 e. The van der Waals surface area contributed by atoms with Gasteiger partial charge in [-0.1, -0.05) is 26.0 Å². The van der Waals surface area contributed by atoms with Crippen molar-refractivity contribution in [2.24, 2.45) is 5.73 Å². The molecule has 0 aliphatic rings. The fraction of sp³-hybridized carbons (Fsp3) is 0.286. The van der Waals surface area contributed by atoms with E-state index in [0.717, 1.165) is 0 Å². The van der Waals surface area contributed by atoms with Crippen LogP contribution in [0.4, 0.5) is 4.39 Å². The molecular weight excluding hydrogens is 229 g/mol. The number of nitrogens with two attached hydrogens (primary N) is 1. The van der Waals surface area contributed by atoms with Gasteiger partial charge in [-0.05, 0) is 18.2 Å². The first-order valence-corrected chi connectivity index (χ1v) is 5.83. The second-order valence-corrected chi connectivity index (χ2v) is 4.83. The average Bonchev–Trinajstić information content (AvgIpc) is 2.39. The maximum atomic E-state index is 13.7. The Morgan fingerprint density at radius 2 is 1.94 bits per heavy atom. The van der Waals surface area contributed by atoms with Crippen LogP contribution in [-0.4, -0.2) is 16.5 Å². The molecule has 0 unspecified atom stereocenters. The van der Waals surface area contributed by atoms with Gasteiger partial charge in [-0.2, -0.15) is 0 Å². The van der Waals surface area contributed by atoms with Crippen LogP contribution in [0.1, 0.15) is 19.7 Å². The molecule has 4 heteroatoms. The fourth-order valence-corrected chi connectivity index (χ4v) is 1.60. The zero-order valence-electron chi connectivity index (χ0n) is 10.5. The van der Waals surface area contributed by atoms with Crippen molar-refractivity contribution in [1.29, 1.82) is 0 Å². The normalized spacial score (nSPS) is 11.6. The third-order valence-corrected chi connectivity index (χ3v) is 2.92. The molecule has 2 N–H and O–H groups in total. The molecular formula is C14H16FN3. The molecule has 0 aliphatic heterocycles. The molecule has 0 aliphatic carbocycles. The predicted octanol–water partition coefficient (Wildman–Crippen LogP) is 2.52. The van der Waals surface area contributed by atoms with Gasteiger partial charge >= 0.3 is 0 Å². The molecule has 0 amide bonds. The summed E-state index contributed by atoms with van der Waals surface area (Å²) in [6.07, 6.45) is 1.64. The van der Waals surface area contributed by atoms with E-state index in [1.165, 1.54) is 6.07 Å². The Balaban J connectivity index is 2.49. The summed E-state index contributed by atoms with van der Waals surface area (Å²) in [6.45, 7) is 4.37. The van der Waals surface area contributed by atoms with Crippen LogP contribution in [0.15, 0.2) is 36.5 Å². The quantitative estimate of drug-likeness (QED) is 0.904. The predicted molar refractivity (Wildman–Crippen MR) is 69.5 cm³/mol. The van der Waals surface area contributed by atoms with Crippen LogP contribution in [0.5, 0.6) is 0 Å². The van der Waals surface area contributed by atoms with E-state index in [1.807, 2.05) is 13.8 Å². The molecule has 94 valence electrons. The van der Waals surface area contributed by atoms with Crippen LogP contribution in [-0.2, 0) is 5.41 Å². The highest BCUT2D eigenvalue weighted by molar-refractivity contribution is 5.59. The van der Waals surface area contributed by atoms with Crippen molar-refractivity contribution in [2.45, 2.75) is 19.3 Å². The van der Waals surface area contributed by atoms with E-state index in [0.29, 0.717) is 23.6 Å². The number of aromatic nitrogens is 2. The van der Waals surface area contributed by atoms with Crippen molar-refractivity contribution >= 4 is 0 Å². The SMILES string of the molecule is CC(C)(CN)c1nccc(-c2ccccc2F)n1. The molecule has 2 rings (SSSR count). The summed E-state index contributed by atoms with van der Waals surface area (Å²) >= 11 is 0. The molecule has 1 aromatic carbocycles. The van der Waals surface area contributed by atoms with Crippen LogP contribution >= 0.6 is 0 Å². The third kappa shape index (κ3) is 2.38. The van der Waals surface area contributed by atoms with Gasteiger partial charge in [-0.15, -0.1) is 0 Å². The Morgan fingerprint density at radius 3 is 2.61 bits per heavy atom. The second kappa shape index (κ2) is 4.82. The van der Waals surface area contributed by atoms with Gasteiger partial charge in [0.05, 0.1) is 5.69 Å². The highest BCUT2D eigenvalue weighted by Crippen LogP contribution is 2.23.